The minimum atomic E-state index is -0.227. The Labute approximate surface area is 184 Å². The molecule has 31 heavy (non-hydrogen) atoms. The zero-order valence-corrected chi connectivity index (χ0v) is 18.7. The van der Waals surface area contributed by atoms with Crippen molar-refractivity contribution in [1.29, 1.82) is 0 Å². The highest BCUT2D eigenvalue weighted by molar-refractivity contribution is 6.03. The maximum absolute atomic E-state index is 12.4. The first-order valence-corrected chi connectivity index (χ1v) is 10.6. The molecule has 0 spiro atoms. The Balaban J connectivity index is 1.67. The van der Waals surface area contributed by atoms with Gasteiger partial charge in [0.15, 0.2) is 6.61 Å². The Hall–Kier alpha value is -3.12. The number of nitrogens with zero attached hydrogens (tertiary/aromatic N) is 2. The third-order valence-corrected chi connectivity index (χ3v) is 5.19. The molecule has 0 radical (unpaired) electrons. The number of anilines is 2. The van der Waals surface area contributed by atoms with Crippen LogP contribution in [-0.4, -0.2) is 50.5 Å². The molecule has 1 N–H and O–H groups in total. The Kier molecular flexibility index (Phi) is 7.47. The van der Waals surface area contributed by atoms with Crippen molar-refractivity contribution in [3.05, 3.63) is 59.7 Å². The molecule has 6 heteroatoms. The van der Waals surface area contributed by atoms with E-state index in [-0.39, 0.29) is 18.4 Å². The number of ether oxygens (including phenoxy) is 1. The molecule has 2 aromatic carbocycles. The second-order valence-corrected chi connectivity index (χ2v) is 8.32. The van der Waals surface area contributed by atoms with E-state index in [1.54, 1.807) is 29.2 Å². The van der Waals surface area contributed by atoms with Gasteiger partial charge in [-0.15, -0.1) is 0 Å². The molecule has 0 aliphatic carbocycles. The highest BCUT2D eigenvalue weighted by Gasteiger charge is 2.25. The van der Waals surface area contributed by atoms with Gasteiger partial charge in [0.2, 0.25) is 5.91 Å². The van der Waals surface area contributed by atoms with Gasteiger partial charge in [0.25, 0.3) is 5.91 Å². The molecule has 0 unspecified atom stereocenters. The fraction of sp³-hybridized carbons (Fsp3) is 0.360. The molecule has 3 rings (SSSR count). The van der Waals surface area contributed by atoms with Crippen LogP contribution in [0.25, 0.3) is 6.08 Å². The van der Waals surface area contributed by atoms with E-state index < -0.39 is 0 Å². The summed E-state index contributed by atoms with van der Waals surface area (Å²) in [6, 6.07) is 13.5. The number of benzene rings is 2. The van der Waals surface area contributed by atoms with Gasteiger partial charge < -0.3 is 19.9 Å². The van der Waals surface area contributed by atoms with Gasteiger partial charge in [0.1, 0.15) is 5.75 Å². The number of carbonyl (C=O) groups is 2. The van der Waals surface area contributed by atoms with Gasteiger partial charge in [0, 0.05) is 18.3 Å². The molecule has 2 aromatic rings. The number of carbonyl (C=O) groups excluding carboxylic acids is 2. The molecule has 0 bridgehead atoms. The standard InChI is InChI=1S/C25H31N3O3/c1-18(2)20-9-6-19(7-10-20)8-13-24(29)26-21-11-12-23-22(16-21)28(25(30)17-31-23)15-5-14-27(3)4/h6-13,16,18H,5,14-15,17H2,1-4H3,(H,26,29)/b13-8+. The van der Waals surface area contributed by atoms with Gasteiger partial charge in [-0.2, -0.15) is 0 Å². The van der Waals surface area contributed by atoms with E-state index in [0.717, 1.165) is 18.5 Å². The third-order valence-electron chi connectivity index (χ3n) is 5.19. The van der Waals surface area contributed by atoms with E-state index in [4.69, 9.17) is 4.74 Å². The predicted molar refractivity (Wildman–Crippen MR) is 126 cm³/mol. The van der Waals surface area contributed by atoms with E-state index in [9.17, 15) is 9.59 Å². The number of hydrogen-bond donors (Lipinski definition) is 1. The van der Waals surface area contributed by atoms with Crippen molar-refractivity contribution in [3.63, 3.8) is 0 Å². The smallest absolute Gasteiger partial charge is 0.265 e. The Bertz CT molecular complexity index is 949. The van der Waals surface area contributed by atoms with Crippen LogP contribution in [0.3, 0.4) is 0 Å². The number of rotatable bonds is 8. The van der Waals surface area contributed by atoms with Crippen LogP contribution < -0.4 is 15.0 Å². The second kappa shape index (κ2) is 10.3. The summed E-state index contributed by atoms with van der Waals surface area (Å²) in [7, 11) is 4.02. The summed E-state index contributed by atoms with van der Waals surface area (Å²) in [5.41, 5.74) is 3.55. The van der Waals surface area contributed by atoms with Gasteiger partial charge in [-0.1, -0.05) is 38.1 Å². The zero-order chi connectivity index (χ0) is 22.4. The van der Waals surface area contributed by atoms with E-state index in [1.165, 1.54) is 11.6 Å². The topological polar surface area (TPSA) is 61.9 Å². The summed E-state index contributed by atoms with van der Waals surface area (Å²) >= 11 is 0. The van der Waals surface area contributed by atoms with Gasteiger partial charge in [-0.3, -0.25) is 9.59 Å². The average molecular weight is 422 g/mol. The third kappa shape index (κ3) is 6.18. The zero-order valence-electron chi connectivity index (χ0n) is 18.7. The van der Waals surface area contributed by atoms with Crippen molar-refractivity contribution in [3.8, 4) is 5.75 Å². The molecule has 0 fully saturated rings. The van der Waals surface area contributed by atoms with Crippen molar-refractivity contribution in [1.82, 2.24) is 4.90 Å². The number of hydrogen-bond acceptors (Lipinski definition) is 4. The normalized spacial score (nSPS) is 13.6. The number of fused-ring (bicyclic) bond motifs is 1. The minimum absolute atomic E-state index is 0.0407. The molecule has 1 aliphatic heterocycles. The molecular formula is C25H31N3O3. The summed E-state index contributed by atoms with van der Waals surface area (Å²) in [6.07, 6.45) is 4.16. The fourth-order valence-electron chi connectivity index (χ4n) is 3.42. The van der Waals surface area contributed by atoms with E-state index >= 15 is 0 Å². The molecule has 0 atom stereocenters. The maximum Gasteiger partial charge on any atom is 0.265 e. The molecule has 0 saturated carbocycles. The largest absolute Gasteiger partial charge is 0.482 e. The van der Waals surface area contributed by atoms with E-state index in [0.29, 0.717) is 29.6 Å². The van der Waals surface area contributed by atoms with Gasteiger partial charge >= 0.3 is 0 Å². The van der Waals surface area contributed by atoms with Crippen LogP contribution in [0.5, 0.6) is 5.75 Å². The fourth-order valence-corrected chi connectivity index (χ4v) is 3.42. The lowest BCUT2D eigenvalue weighted by Gasteiger charge is -2.30. The minimum Gasteiger partial charge on any atom is -0.482 e. The molecular weight excluding hydrogens is 390 g/mol. The summed E-state index contributed by atoms with van der Waals surface area (Å²) in [6.45, 7) is 5.84. The predicted octanol–water partition coefficient (Wildman–Crippen LogP) is 4.14. The second-order valence-electron chi connectivity index (χ2n) is 8.32. The van der Waals surface area contributed by atoms with Crippen LogP contribution in [0, 0.1) is 0 Å². The van der Waals surface area contributed by atoms with Crippen molar-refractivity contribution in [2.24, 2.45) is 0 Å². The van der Waals surface area contributed by atoms with Crippen molar-refractivity contribution < 1.29 is 14.3 Å². The quantitative estimate of drug-likeness (QED) is 0.651. The van der Waals surface area contributed by atoms with Gasteiger partial charge in [-0.05, 0) is 68.4 Å². The molecule has 0 aromatic heterocycles. The van der Waals surface area contributed by atoms with Crippen LogP contribution in [0.4, 0.5) is 11.4 Å². The molecule has 2 amide bonds. The van der Waals surface area contributed by atoms with E-state index in [1.807, 2.05) is 26.2 Å². The molecule has 0 saturated heterocycles. The van der Waals surface area contributed by atoms with Crippen LogP contribution in [-0.2, 0) is 9.59 Å². The lowest BCUT2D eigenvalue weighted by Crippen LogP contribution is -2.40. The molecule has 164 valence electrons. The van der Waals surface area contributed by atoms with Crippen molar-refractivity contribution in [2.45, 2.75) is 26.2 Å². The Morgan fingerprint density at radius 2 is 1.94 bits per heavy atom. The highest BCUT2D eigenvalue weighted by Crippen LogP contribution is 2.34. The SMILES string of the molecule is CC(C)c1ccc(/C=C/C(=O)Nc2ccc3c(c2)N(CCCN(C)C)C(=O)CO3)cc1. The maximum atomic E-state index is 12.4. The summed E-state index contributed by atoms with van der Waals surface area (Å²) in [5.74, 6) is 0.835. The first kappa shape index (κ1) is 22.6. The summed E-state index contributed by atoms with van der Waals surface area (Å²) < 4.78 is 5.56. The van der Waals surface area contributed by atoms with Gasteiger partial charge in [0.05, 0.1) is 5.69 Å². The molecule has 1 aliphatic rings. The van der Waals surface area contributed by atoms with Crippen LogP contribution in [0.2, 0.25) is 0 Å². The Morgan fingerprint density at radius 1 is 1.19 bits per heavy atom. The molecule has 1 heterocycles. The van der Waals surface area contributed by atoms with E-state index in [2.05, 4.69) is 36.2 Å². The summed E-state index contributed by atoms with van der Waals surface area (Å²) in [5, 5.41) is 2.87. The number of nitrogens with one attached hydrogen (secondary N) is 1. The monoisotopic (exact) mass is 421 g/mol. The van der Waals surface area contributed by atoms with Crippen molar-refractivity contribution in [2.75, 3.05) is 44.0 Å². The first-order valence-electron chi connectivity index (χ1n) is 10.6. The Morgan fingerprint density at radius 3 is 2.61 bits per heavy atom. The first-order chi connectivity index (χ1) is 14.8. The van der Waals surface area contributed by atoms with Crippen molar-refractivity contribution >= 4 is 29.3 Å². The molecule has 6 nitrogen and oxygen atoms in total. The number of amides is 2. The highest BCUT2D eigenvalue weighted by atomic mass is 16.5. The van der Waals surface area contributed by atoms with Gasteiger partial charge in [-0.25, -0.2) is 0 Å². The lowest BCUT2D eigenvalue weighted by molar-refractivity contribution is -0.121. The van der Waals surface area contributed by atoms with Crippen LogP contribution >= 0.6 is 0 Å². The van der Waals surface area contributed by atoms with Crippen LogP contribution in [0.15, 0.2) is 48.5 Å². The van der Waals surface area contributed by atoms with Crippen LogP contribution in [0.1, 0.15) is 37.3 Å². The lowest BCUT2D eigenvalue weighted by atomic mass is 10.0. The average Bonchev–Trinajstić information content (AvgIpc) is 2.74. The summed E-state index contributed by atoms with van der Waals surface area (Å²) in [4.78, 5) is 28.6.